The summed E-state index contributed by atoms with van der Waals surface area (Å²) in [5.41, 5.74) is 1.09. The standard InChI is InChI=1S/C14H22Cl2N2/c1-11(2)9-17-6-3-7-18-10-12-4-5-13(15)8-14(12)16/h4-5,8,11,17-18H,3,6-7,9-10H2,1-2H3. The van der Waals surface area contributed by atoms with Crippen molar-refractivity contribution < 1.29 is 0 Å². The first kappa shape index (κ1) is 15.8. The lowest BCUT2D eigenvalue weighted by Crippen LogP contribution is -2.24. The largest absolute Gasteiger partial charge is 0.316 e. The van der Waals surface area contributed by atoms with E-state index in [9.17, 15) is 0 Å². The molecule has 1 aromatic carbocycles. The molecular weight excluding hydrogens is 267 g/mol. The maximum Gasteiger partial charge on any atom is 0.0465 e. The van der Waals surface area contributed by atoms with E-state index in [4.69, 9.17) is 23.2 Å². The van der Waals surface area contributed by atoms with E-state index >= 15 is 0 Å². The van der Waals surface area contributed by atoms with Crippen molar-refractivity contribution in [3.05, 3.63) is 33.8 Å². The van der Waals surface area contributed by atoms with Crippen LogP contribution in [0.25, 0.3) is 0 Å². The Kier molecular flexibility index (Phi) is 7.68. The summed E-state index contributed by atoms with van der Waals surface area (Å²) in [5, 5.41) is 8.21. The van der Waals surface area contributed by atoms with Crippen LogP contribution in [0.2, 0.25) is 10.0 Å². The van der Waals surface area contributed by atoms with Crippen LogP contribution in [0.1, 0.15) is 25.8 Å². The predicted molar refractivity (Wildman–Crippen MR) is 80.5 cm³/mol. The van der Waals surface area contributed by atoms with Gasteiger partial charge in [-0.15, -0.1) is 0 Å². The third kappa shape index (κ3) is 6.60. The molecule has 0 bridgehead atoms. The van der Waals surface area contributed by atoms with Crippen LogP contribution in [0.3, 0.4) is 0 Å². The second-order valence-corrected chi connectivity index (χ2v) is 5.71. The molecule has 0 saturated carbocycles. The molecule has 0 amide bonds. The second-order valence-electron chi connectivity index (χ2n) is 4.86. The average molecular weight is 289 g/mol. The lowest BCUT2D eigenvalue weighted by atomic mass is 10.2. The highest BCUT2D eigenvalue weighted by Crippen LogP contribution is 2.20. The summed E-state index contributed by atoms with van der Waals surface area (Å²) in [6, 6.07) is 5.62. The van der Waals surface area contributed by atoms with Crippen molar-refractivity contribution in [3.63, 3.8) is 0 Å². The summed E-state index contributed by atoms with van der Waals surface area (Å²) < 4.78 is 0. The van der Waals surface area contributed by atoms with Crippen LogP contribution < -0.4 is 10.6 Å². The molecule has 0 atom stereocenters. The normalized spacial score (nSPS) is 11.2. The van der Waals surface area contributed by atoms with Gasteiger partial charge >= 0.3 is 0 Å². The highest BCUT2D eigenvalue weighted by molar-refractivity contribution is 6.35. The van der Waals surface area contributed by atoms with Crippen molar-refractivity contribution in [1.82, 2.24) is 10.6 Å². The van der Waals surface area contributed by atoms with Crippen molar-refractivity contribution >= 4 is 23.2 Å². The molecular formula is C14H22Cl2N2. The minimum Gasteiger partial charge on any atom is -0.316 e. The molecule has 0 unspecified atom stereocenters. The lowest BCUT2D eigenvalue weighted by molar-refractivity contribution is 0.530. The zero-order valence-electron chi connectivity index (χ0n) is 11.1. The van der Waals surface area contributed by atoms with Gasteiger partial charge in [-0.25, -0.2) is 0 Å². The first-order valence-corrected chi connectivity index (χ1v) is 7.20. The van der Waals surface area contributed by atoms with Crippen LogP contribution >= 0.6 is 23.2 Å². The molecule has 2 nitrogen and oxygen atoms in total. The van der Waals surface area contributed by atoms with E-state index in [2.05, 4.69) is 24.5 Å². The van der Waals surface area contributed by atoms with Gasteiger partial charge in [-0.05, 0) is 49.7 Å². The Morgan fingerprint density at radius 2 is 1.83 bits per heavy atom. The third-order valence-electron chi connectivity index (χ3n) is 2.59. The molecule has 0 heterocycles. The van der Waals surface area contributed by atoms with Crippen molar-refractivity contribution in [2.75, 3.05) is 19.6 Å². The van der Waals surface area contributed by atoms with E-state index in [1.165, 1.54) is 0 Å². The van der Waals surface area contributed by atoms with Crippen molar-refractivity contribution in [2.45, 2.75) is 26.8 Å². The van der Waals surface area contributed by atoms with Gasteiger partial charge in [-0.2, -0.15) is 0 Å². The average Bonchev–Trinajstić information content (AvgIpc) is 2.30. The molecule has 1 rings (SSSR count). The summed E-state index contributed by atoms with van der Waals surface area (Å²) >= 11 is 11.9. The first-order chi connectivity index (χ1) is 8.59. The van der Waals surface area contributed by atoms with Gasteiger partial charge in [-0.1, -0.05) is 43.1 Å². The summed E-state index contributed by atoms with van der Waals surface area (Å²) in [6.07, 6.45) is 1.12. The van der Waals surface area contributed by atoms with E-state index < -0.39 is 0 Å². The molecule has 18 heavy (non-hydrogen) atoms. The molecule has 102 valence electrons. The van der Waals surface area contributed by atoms with Gasteiger partial charge in [0.15, 0.2) is 0 Å². The fraction of sp³-hybridized carbons (Fsp3) is 0.571. The fourth-order valence-electron chi connectivity index (χ4n) is 1.62. The number of hydrogen-bond acceptors (Lipinski definition) is 2. The molecule has 0 aliphatic heterocycles. The number of halogens is 2. The SMILES string of the molecule is CC(C)CNCCCNCc1ccc(Cl)cc1Cl. The van der Waals surface area contributed by atoms with E-state index in [0.29, 0.717) is 10.9 Å². The Balaban J connectivity index is 2.11. The summed E-state index contributed by atoms with van der Waals surface area (Å²) in [4.78, 5) is 0. The predicted octanol–water partition coefficient (Wildman–Crippen LogP) is 3.72. The first-order valence-electron chi connectivity index (χ1n) is 6.45. The lowest BCUT2D eigenvalue weighted by Gasteiger charge is -2.09. The Morgan fingerprint density at radius 1 is 1.11 bits per heavy atom. The fourth-order valence-corrected chi connectivity index (χ4v) is 2.09. The van der Waals surface area contributed by atoms with Crippen LogP contribution in [-0.4, -0.2) is 19.6 Å². The van der Waals surface area contributed by atoms with Crippen LogP contribution in [0.4, 0.5) is 0 Å². The van der Waals surface area contributed by atoms with E-state index in [1.807, 2.05) is 12.1 Å². The highest BCUT2D eigenvalue weighted by atomic mass is 35.5. The summed E-state index contributed by atoms with van der Waals surface area (Å²) in [5.74, 6) is 0.714. The van der Waals surface area contributed by atoms with Gasteiger partial charge in [-0.3, -0.25) is 0 Å². The van der Waals surface area contributed by atoms with Crippen LogP contribution in [0, 0.1) is 5.92 Å². The monoisotopic (exact) mass is 288 g/mol. The van der Waals surface area contributed by atoms with E-state index in [0.717, 1.165) is 43.2 Å². The number of nitrogens with one attached hydrogen (secondary N) is 2. The summed E-state index contributed by atoms with van der Waals surface area (Å²) in [7, 11) is 0. The van der Waals surface area contributed by atoms with Crippen LogP contribution in [0.5, 0.6) is 0 Å². The van der Waals surface area contributed by atoms with Crippen molar-refractivity contribution in [3.8, 4) is 0 Å². The van der Waals surface area contributed by atoms with E-state index in [-0.39, 0.29) is 0 Å². The molecule has 1 aromatic rings. The molecule has 0 fully saturated rings. The van der Waals surface area contributed by atoms with E-state index in [1.54, 1.807) is 6.07 Å². The zero-order valence-corrected chi connectivity index (χ0v) is 12.6. The van der Waals surface area contributed by atoms with Crippen LogP contribution in [0.15, 0.2) is 18.2 Å². The van der Waals surface area contributed by atoms with Gasteiger partial charge in [0.25, 0.3) is 0 Å². The molecule has 0 aliphatic carbocycles. The molecule has 0 spiro atoms. The quantitative estimate of drug-likeness (QED) is 0.713. The van der Waals surface area contributed by atoms with Gasteiger partial charge in [0.05, 0.1) is 0 Å². The minimum absolute atomic E-state index is 0.682. The molecule has 2 N–H and O–H groups in total. The topological polar surface area (TPSA) is 24.1 Å². The van der Waals surface area contributed by atoms with Gasteiger partial charge in [0, 0.05) is 16.6 Å². The molecule has 4 heteroatoms. The number of rotatable bonds is 8. The molecule has 0 aliphatic rings. The minimum atomic E-state index is 0.682. The Bertz CT molecular complexity index is 354. The summed E-state index contributed by atoms with van der Waals surface area (Å²) in [6.45, 7) is 8.36. The van der Waals surface area contributed by atoms with Crippen LogP contribution in [-0.2, 0) is 6.54 Å². The Morgan fingerprint density at radius 3 is 2.50 bits per heavy atom. The highest BCUT2D eigenvalue weighted by Gasteiger charge is 2.00. The smallest absolute Gasteiger partial charge is 0.0465 e. The molecule has 0 aromatic heterocycles. The maximum absolute atomic E-state index is 6.09. The maximum atomic E-state index is 6.09. The number of hydrogen-bond donors (Lipinski definition) is 2. The number of benzene rings is 1. The van der Waals surface area contributed by atoms with Crippen molar-refractivity contribution in [2.24, 2.45) is 5.92 Å². The second kappa shape index (κ2) is 8.76. The zero-order chi connectivity index (χ0) is 13.4. The Labute approximate surface area is 120 Å². The Hall–Kier alpha value is -0.280. The van der Waals surface area contributed by atoms with Gasteiger partial charge < -0.3 is 10.6 Å². The van der Waals surface area contributed by atoms with Crippen molar-refractivity contribution in [1.29, 1.82) is 0 Å². The van der Waals surface area contributed by atoms with Gasteiger partial charge in [0.1, 0.15) is 0 Å². The molecule has 0 saturated heterocycles. The molecule has 0 radical (unpaired) electrons. The van der Waals surface area contributed by atoms with Gasteiger partial charge in [0.2, 0.25) is 0 Å². The third-order valence-corrected chi connectivity index (χ3v) is 3.18.